The number of hydrogen-bond donors (Lipinski definition) is 1. The standard InChI is InChI=1S/C16H21N3O2/c1-11-10-15(20)19(14-6-8-21-9-7-14)18-16(11)12-2-4-13(17)5-3-12/h2-5,11,14H,6-10,17H2,1H3. The quantitative estimate of drug-likeness (QED) is 0.846. The van der Waals surface area contributed by atoms with Crippen LogP contribution in [-0.2, 0) is 9.53 Å². The fourth-order valence-electron chi connectivity index (χ4n) is 2.93. The largest absolute Gasteiger partial charge is 0.399 e. The molecule has 1 aromatic rings. The van der Waals surface area contributed by atoms with Gasteiger partial charge in [0.2, 0.25) is 5.91 Å². The lowest BCUT2D eigenvalue weighted by molar-refractivity contribution is -0.136. The maximum atomic E-state index is 12.3. The van der Waals surface area contributed by atoms with Crippen molar-refractivity contribution in [2.24, 2.45) is 11.0 Å². The highest BCUT2D eigenvalue weighted by Crippen LogP contribution is 2.25. The first kappa shape index (κ1) is 14.1. The van der Waals surface area contributed by atoms with Crippen molar-refractivity contribution in [1.82, 2.24) is 5.01 Å². The molecular weight excluding hydrogens is 266 g/mol. The molecule has 3 rings (SSSR count). The van der Waals surface area contributed by atoms with E-state index < -0.39 is 0 Å². The van der Waals surface area contributed by atoms with Crippen molar-refractivity contribution in [3.8, 4) is 0 Å². The second kappa shape index (κ2) is 5.85. The lowest BCUT2D eigenvalue weighted by atomic mass is 9.93. The molecule has 2 N–H and O–H groups in total. The minimum atomic E-state index is 0.119. The lowest BCUT2D eigenvalue weighted by Gasteiger charge is -2.35. The molecule has 5 nitrogen and oxygen atoms in total. The second-order valence-electron chi connectivity index (χ2n) is 5.79. The molecule has 2 heterocycles. The van der Waals surface area contributed by atoms with Gasteiger partial charge in [-0.1, -0.05) is 19.1 Å². The van der Waals surface area contributed by atoms with Gasteiger partial charge < -0.3 is 10.5 Å². The Morgan fingerprint density at radius 3 is 2.57 bits per heavy atom. The summed E-state index contributed by atoms with van der Waals surface area (Å²) in [5, 5.41) is 6.36. The molecule has 0 spiro atoms. The highest BCUT2D eigenvalue weighted by atomic mass is 16.5. The SMILES string of the molecule is CC1CC(=O)N(C2CCOCC2)N=C1c1ccc(N)cc1. The van der Waals surface area contributed by atoms with Gasteiger partial charge in [0.15, 0.2) is 0 Å². The maximum Gasteiger partial charge on any atom is 0.243 e. The molecule has 1 unspecified atom stereocenters. The summed E-state index contributed by atoms with van der Waals surface area (Å²) in [6, 6.07) is 7.87. The fourth-order valence-corrected chi connectivity index (χ4v) is 2.93. The van der Waals surface area contributed by atoms with Gasteiger partial charge >= 0.3 is 0 Å². The second-order valence-corrected chi connectivity index (χ2v) is 5.79. The van der Waals surface area contributed by atoms with E-state index in [2.05, 4.69) is 12.0 Å². The monoisotopic (exact) mass is 287 g/mol. The van der Waals surface area contributed by atoms with E-state index in [9.17, 15) is 4.79 Å². The number of amides is 1. The molecule has 0 bridgehead atoms. The van der Waals surface area contributed by atoms with Crippen molar-refractivity contribution >= 4 is 17.3 Å². The normalized spacial score (nSPS) is 24.0. The Bertz CT molecular complexity index is 547. The first-order chi connectivity index (χ1) is 10.1. The number of anilines is 1. The van der Waals surface area contributed by atoms with E-state index in [-0.39, 0.29) is 17.9 Å². The number of hydrogen-bond acceptors (Lipinski definition) is 4. The van der Waals surface area contributed by atoms with Crippen LogP contribution < -0.4 is 5.73 Å². The summed E-state index contributed by atoms with van der Waals surface area (Å²) < 4.78 is 5.37. The average molecular weight is 287 g/mol. The van der Waals surface area contributed by atoms with E-state index >= 15 is 0 Å². The number of rotatable bonds is 2. The molecule has 1 saturated heterocycles. The van der Waals surface area contributed by atoms with E-state index in [0.29, 0.717) is 19.6 Å². The van der Waals surface area contributed by atoms with Crippen molar-refractivity contribution < 1.29 is 9.53 Å². The van der Waals surface area contributed by atoms with Crippen molar-refractivity contribution in [2.75, 3.05) is 18.9 Å². The van der Waals surface area contributed by atoms with Gasteiger partial charge in [-0.3, -0.25) is 4.79 Å². The van der Waals surface area contributed by atoms with Crippen LogP contribution in [0.25, 0.3) is 0 Å². The predicted molar refractivity (Wildman–Crippen MR) is 81.9 cm³/mol. The van der Waals surface area contributed by atoms with E-state index in [1.165, 1.54) is 0 Å². The first-order valence-electron chi connectivity index (χ1n) is 7.49. The Kier molecular flexibility index (Phi) is 3.92. The van der Waals surface area contributed by atoms with Crippen LogP contribution in [0.3, 0.4) is 0 Å². The van der Waals surface area contributed by atoms with Crippen LogP contribution in [-0.4, -0.2) is 35.9 Å². The van der Waals surface area contributed by atoms with E-state index in [1.54, 1.807) is 5.01 Å². The van der Waals surface area contributed by atoms with Crippen LogP contribution in [0, 0.1) is 5.92 Å². The number of hydrazone groups is 1. The summed E-state index contributed by atoms with van der Waals surface area (Å²) >= 11 is 0. The zero-order valence-corrected chi connectivity index (χ0v) is 12.3. The molecular formula is C16H21N3O2. The Labute approximate surface area is 124 Å². The van der Waals surface area contributed by atoms with Gasteiger partial charge in [0.1, 0.15) is 0 Å². The minimum absolute atomic E-state index is 0.119. The van der Waals surface area contributed by atoms with E-state index in [1.807, 2.05) is 24.3 Å². The Balaban J connectivity index is 1.89. The van der Waals surface area contributed by atoms with Crippen LogP contribution in [0.4, 0.5) is 5.69 Å². The van der Waals surface area contributed by atoms with E-state index in [4.69, 9.17) is 10.5 Å². The molecule has 112 valence electrons. The third kappa shape index (κ3) is 2.93. The molecule has 1 atom stereocenters. The lowest BCUT2D eigenvalue weighted by Crippen LogP contribution is -2.44. The van der Waals surface area contributed by atoms with Crippen molar-refractivity contribution in [3.05, 3.63) is 29.8 Å². The Hall–Kier alpha value is -1.88. The average Bonchev–Trinajstić information content (AvgIpc) is 2.49. The van der Waals surface area contributed by atoms with Crippen molar-refractivity contribution in [2.45, 2.75) is 32.2 Å². The highest BCUT2D eigenvalue weighted by molar-refractivity contribution is 6.05. The summed E-state index contributed by atoms with van der Waals surface area (Å²) in [4.78, 5) is 12.3. The summed E-state index contributed by atoms with van der Waals surface area (Å²) in [5.74, 6) is 0.255. The fraction of sp³-hybridized carbons (Fsp3) is 0.500. The zero-order chi connectivity index (χ0) is 14.8. The van der Waals surface area contributed by atoms with Gasteiger partial charge in [0.25, 0.3) is 0 Å². The van der Waals surface area contributed by atoms with Gasteiger partial charge in [0, 0.05) is 31.2 Å². The zero-order valence-electron chi connectivity index (χ0n) is 12.3. The number of nitrogens with two attached hydrogens (primary N) is 1. The topological polar surface area (TPSA) is 67.9 Å². The van der Waals surface area contributed by atoms with Crippen LogP contribution >= 0.6 is 0 Å². The molecule has 0 saturated carbocycles. The number of carbonyl (C=O) groups excluding carboxylic acids is 1. The number of nitrogens with zero attached hydrogens (tertiary/aromatic N) is 2. The van der Waals surface area contributed by atoms with E-state index in [0.717, 1.165) is 29.8 Å². The van der Waals surface area contributed by atoms with Gasteiger partial charge in [0.05, 0.1) is 11.8 Å². The van der Waals surface area contributed by atoms with Gasteiger partial charge in [-0.2, -0.15) is 5.10 Å². The molecule has 0 radical (unpaired) electrons. The highest BCUT2D eigenvalue weighted by Gasteiger charge is 2.32. The molecule has 0 aromatic heterocycles. The van der Waals surface area contributed by atoms with Crippen LogP contribution in [0.2, 0.25) is 0 Å². The first-order valence-corrected chi connectivity index (χ1v) is 7.49. The molecule has 1 amide bonds. The Morgan fingerprint density at radius 1 is 1.24 bits per heavy atom. The van der Waals surface area contributed by atoms with Gasteiger partial charge in [-0.25, -0.2) is 5.01 Å². The third-order valence-electron chi connectivity index (χ3n) is 4.16. The summed E-state index contributed by atoms with van der Waals surface area (Å²) in [6.45, 7) is 3.46. The summed E-state index contributed by atoms with van der Waals surface area (Å²) in [6.07, 6.45) is 2.23. The number of benzene rings is 1. The number of carbonyl (C=O) groups is 1. The minimum Gasteiger partial charge on any atom is -0.399 e. The molecule has 21 heavy (non-hydrogen) atoms. The van der Waals surface area contributed by atoms with Crippen LogP contribution in [0.15, 0.2) is 29.4 Å². The van der Waals surface area contributed by atoms with Crippen LogP contribution in [0.5, 0.6) is 0 Å². The molecule has 1 fully saturated rings. The van der Waals surface area contributed by atoms with Crippen molar-refractivity contribution in [3.63, 3.8) is 0 Å². The Morgan fingerprint density at radius 2 is 1.90 bits per heavy atom. The number of nitrogen functional groups attached to an aromatic ring is 1. The molecule has 2 aliphatic heterocycles. The summed E-state index contributed by atoms with van der Waals surface area (Å²) in [5.41, 5.74) is 8.49. The third-order valence-corrected chi connectivity index (χ3v) is 4.16. The maximum absolute atomic E-state index is 12.3. The van der Waals surface area contributed by atoms with Gasteiger partial charge in [-0.05, 0) is 30.5 Å². The molecule has 2 aliphatic rings. The predicted octanol–water partition coefficient (Wildman–Crippen LogP) is 2.02. The number of ether oxygens (including phenoxy) is 1. The molecule has 1 aromatic carbocycles. The smallest absolute Gasteiger partial charge is 0.243 e. The van der Waals surface area contributed by atoms with Crippen LogP contribution in [0.1, 0.15) is 31.7 Å². The van der Waals surface area contributed by atoms with Crippen molar-refractivity contribution in [1.29, 1.82) is 0 Å². The van der Waals surface area contributed by atoms with Gasteiger partial charge in [-0.15, -0.1) is 0 Å². The molecule has 0 aliphatic carbocycles. The molecule has 5 heteroatoms. The summed E-state index contributed by atoms with van der Waals surface area (Å²) in [7, 11) is 0.